The molecule has 2 amide bonds. The second kappa shape index (κ2) is 14.8. The molecule has 0 aliphatic carbocycles. The lowest BCUT2D eigenvalue weighted by atomic mass is 10.0. The average Bonchev–Trinajstić information content (AvgIpc) is 3.01. The van der Waals surface area contributed by atoms with E-state index < -0.39 is 28.5 Å². The molecule has 0 fully saturated rings. The van der Waals surface area contributed by atoms with Gasteiger partial charge < -0.3 is 10.2 Å². The first-order valence-electron chi connectivity index (χ1n) is 14.9. The summed E-state index contributed by atoms with van der Waals surface area (Å²) in [5, 5.41) is 3.02. The van der Waals surface area contributed by atoms with Crippen LogP contribution in [0.3, 0.4) is 0 Å². The van der Waals surface area contributed by atoms with E-state index in [-0.39, 0.29) is 29.7 Å². The van der Waals surface area contributed by atoms with Crippen LogP contribution in [0.1, 0.15) is 36.1 Å². The van der Waals surface area contributed by atoms with Crippen LogP contribution in [0.4, 0.5) is 5.69 Å². The highest BCUT2D eigenvalue weighted by Crippen LogP contribution is 2.27. The molecule has 0 aliphatic heterocycles. The summed E-state index contributed by atoms with van der Waals surface area (Å²) in [5.41, 5.74) is 3.88. The summed E-state index contributed by atoms with van der Waals surface area (Å²) in [5.74, 6) is -0.545. The summed E-state index contributed by atoms with van der Waals surface area (Å²) in [6, 6.07) is 31.7. The van der Waals surface area contributed by atoms with Gasteiger partial charge in [0.1, 0.15) is 12.6 Å². The van der Waals surface area contributed by atoms with Gasteiger partial charge in [0.25, 0.3) is 10.0 Å². The van der Waals surface area contributed by atoms with Crippen LogP contribution < -0.4 is 9.62 Å². The number of rotatable bonds is 13. The Morgan fingerprint density at radius 3 is 2.02 bits per heavy atom. The van der Waals surface area contributed by atoms with Crippen molar-refractivity contribution in [2.45, 2.75) is 51.6 Å². The third-order valence-electron chi connectivity index (χ3n) is 7.39. The molecule has 7 nitrogen and oxygen atoms in total. The largest absolute Gasteiger partial charge is 0.354 e. The zero-order chi connectivity index (χ0) is 31.7. The van der Waals surface area contributed by atoms with Crippen molar-refractivity contribution < 1.29 is 18.0 Å². The van der Waals surface area contributed by atoms with Crippen molar-refractivity contribution in [3.05, 3.63) is 131 Å². The van der Waals surface area contributed by atoms with Gasteiger partial charge in [-0.15, -0.1) is 0 Å². The number of benzene rings is 4. The van der Waals surface area contributed by atoms with Crippen LogP contribution in [0.5, 0.6) is 0 Å². The monoisotopic (exact) mass is 611 g/mol. The van der Waals surface area contributed by atoms with Crippen molar-refractivity contribution in [3.8, 4) is 0 Å². The van der Waals surface area contributed by atoms with Gasteiger partial charge in [-0.2, -0.15) is 0 Å². The molecule has 0 saturated carbocycles. The van der Waals surface area contributed by atoms with Crippen LogP contribution >= 0.6 is 0 Å². The summed E-state index contributed by atoms with van der Waals surface area (Å²) < 4.78 is 29.3. The minimum Gasteiger partial charge on any atom is -0.354 e. The topological polar surface area (TPSA) is 86.8 Å². The number of carbonyl (C=O) groups is 2. The number of hydrogen-bond acceptors (Lipinski definition) is 4. The summed E-state index contributed by atoms with van der Waals surface area (Å²) in [6.45, 7) is 7.92. The molecular weight excluding hydrogens is 570 g/mol. The highest BCUT2D eigenvalue weighted by Gasteiger charge is 2.35. The predicted octanol–water partition coefficient (Wildman–Crippen LogP) is 5.91. The number of hydrogen-bond donors (Lipinski definition) is 1. The fraction of sp³-hybridized carbons (Fsp3) is 0.278. The van der Waals surface area contributed by atoms with Crippen LogP contribution in [0.25, 0.3) is 0 Å². The minimum absolute atomic E-state index is 0.0804. The Kier molecular flexibility index (Phi) is 11.0. The molecule has 0 spiro atoms. The number of carbonyl (C=O) groups excluding carboxylic acids is 2. The molecule has 0 saturated heterocycles. The molecule has 4 aromatic carbocycles. The summed E-state index contributed by atoms with van der Waals surface area (Å²) in [7, 11) is -4.13. The van der Waals surface area contributed by atoms with E-state index in [0.29, 0.717) is 17.8 Å². The number of aryl methyl sites for hydroxylation is 2. The second-order valence-electron chi connectivity index (χ2n) is 11.5. The van der Waals surface area contributed by atoms with Crippen LogP contribution in [0.15, 0.2) is 114 Å². The second-order valence-corrected chi connectivity index (χ2v) is 13.3. The fourth-order valence-electron chi connectivity index (χ4n) is 5.06. The molecule has 230 valence electrons. The molecule has 1 unspecified atom stereocenters. The molecule has 44 heavy (non-hydrogen) atoms. The number of para-hydroxylation sites is 1. The summed E-state index contributed by atoms with van der Waals surface area (Å²) in [4.78, 5) is 30.0. The Morgan fingerprint density at radius 1 is 0.773 bits per heavy atom. The van der Waals surface area contributed by atoms with Crippen molar-refractivity contribution in [1.29, 1.82) is 0 Å². The van der Waals surface area contributed by atoms with E-state index in [9.17, 15) is 18.0 Å². The van der Waals surface area contributed by atoms with E-state index in [2.05, 4.69) is 5.32 Å². The smallest absolute Gasteiger partial charge is 0.264 e. The van der Waals surface area contributed by atoms with E-state index >= 15 is 0 Å². The zero-order valence-electron chi connectivity index (χ0n) is 25.8. The molecule has 0 aromatic heterocycles. The Labute approximate surface area is 261 Å². The van der Waals surface area contributed by atoms with Crippen LogP contribution in [-0.2, 0) is 32.6 Å². The molecule has 8 heteroatoms. The Hall–Kier alpha value is -4.43. The van der Waals surface area contributed by atoms with Crippen molar-refractivity contribution >= 4 is 27.5 Å². The first-order valence-corrected chi connectivity index (χ1v) is 16.3. The standard InChI is InChI=1S/C36H41N3O4S/c1-27(2)24-37-36(41)34(23-30-16-7-5-8-17-30)38(25-31-18-13-14-28(3)22-31)35(40)26-39(33-21-12-11-15-29(33)4)44(42,43)32-19-9-6-10-20-32/h5-22,27,34H,23-26H2,1-4H3,(H,37,41). The van der Waals surface area contributed by atoms with Crippen molar-refractivity contribution in [3.63, 3.8) is 0 Å². The van der Waals surface area contributed by atoms with Crippen molar-refractivity contribution in [2.75, 3.05) is 17.4 Å². The summed E-state index contributed by atoms with van der Waals surface area (Å²) >= 11 is 0. The lowest BCUT2D eigenvalue weighted by Gasteiger charge is -2.34. The lowest BCUT2D eigenvalue weighted by molar-refractivity contribution is -0.140. The highest BCUT2D eigenvalue weighted by atomic mass is 32.2. The Bertz CT molecular complexity index is 1660. The molecule has 0 aliphatic rings. The van der Waals surface area contributed by atoms with E-state index in [0.717, 1.165) is 21.0 Å². The third kappa shape index (κ3) is 8.35. The molecule has 0 radical (unpaired) electrons. The number of sulfonamides is 1. The molecule has 0 heterocycles. The first-order chi connectivity index (χ1) is 21.1. The third-order valence-corrected chi connectivity index (χ3v) is 9.16. The number of nitrogens with zero attached hydrogens (tertiary/aromatic N) is 2. The normalized spacial score (nSPS) is 12.0. The fourth-order valence-corrected chi connectivity index (χ4v) is 6.56. The Morgan fingerprint density at radius 2 is 1.39 bits per heavy atom. The van der Waals surface area contributed by atoms with Gasteiger partial charge in [0.15, 0.2) is 0 Å². The van der Waals surface area contributed by atoms with Gasteiger partial charge in [-0.1, -0.05) is 110 Å². The van der Waals surface area contributed by atoms with E-state index in [1.165, 1.54) is 17.0 Å². The average molecular weight is 612 g/mol. The molecule has 1 N–H and O–H groups in total. The SMILES string of the molecule is Cc1cccc(CN(C(=O)CN(c2ccccc2C)S(=O)(=O)c2ccccc2)C(Cc2ccccc2)C(=O)NCC(C)C)c1. The predicted molar refractivity (Wildman–Crippen MR) is 176 cm³/mol. The van der Waals surface area contributed by atoms with Gasteiger partial charge in [-0.25, -0.2) is 8.42 Å². The maximum absolute atomic E-state index is 14.5. The number of anilines is 1. The number of nitrogens with one attached hydrogen (secondary N) is 1. The maximum Gasteiger partial charge on any atom is 0.264 e. The van der Waals surface area contributed by atoms with Gasteiger partial charge in [0.05, 0.1) is 10.6 Å². The zero-order valence-corrected chi connectivity index (χ0v) is 26.6. The number of amides is 2. The van der Waals surface area contributed by atoms with Crippen LogP contribution in [0.2, 0.25) is 0 Å². The van der Waals surface area contributed by atoms with Crippen LogP contribution in [0, 0.1) is 19.8 Å². The lowest BCUT2D eigenvalue weighted by Crippen LogP contribution is -2.53. The maximum atomic E-state index is 14.5. The van der Waals surface area contributed by atoms with Gasteiger partial charge >= 0.3 is 0 Å². The van der Waals surface area contributed by atoms with Crippen LogP contribution in [-0.4, -0.2) is 44.3 Å². The quantitative estimate of drug-likeness (QED) is 0.204. The minimum atomic E-state index is -4.13. The first kappa shape index (κ1) is 32.5. The van der Waals surface area contributed by atoms with Gasteiger partial charge in [0, 0.05) is 19.5 Å². The van der Waals surface area contributed by atoms with Gasteiger partial charge in [0.2, 0.25) is 11.8 Å². The molecule has 0 bridgehead atoms. The van der Waals surface area contributed by atoms with E-state index in [1.54, 1.807) is 30.3 Å². The van der Waals surface area contributed by atoms with Crippen molar-refractivity contribution in [2.24, 2.45) is 5.92 Å². The molecule has 1 atom stereocenters. The van der Waals surface area contributed by atoms with Crippen molar-refractivity contribution in [1.82, 2.24) is 10.2 Å². The van der Waals surface area contributed by atoms with E-state index in [1.807, 2.05) is 94.4 Å². The Balaban J connectivity index is 1.80. The van der Waals surface area contributed by atoms with Gasteiger partial charge in [-0.05, 0) is 54.7 Å². The summed E-state index contributed by atoms with van der Waals surface area (Å²) in [6.07, 6.45) is 0.276. The van der Waals surface area contributed by atoms with E-state index in [4.69, 9.17) is 0 Å². The highest BCUT2D eigenvalue weighted by molar-refractivity contribution is 7.92. The molecule has 4 aromatic rings. The molecule has 4 rings (SSSR count). The van der Waals surface area contributed by atoms with Gasteiger partial charge in [-0.3, -0.25) is 13.9 Å². The molecular formula is C36H41N3O4S.